The van der Waals surface area contributed by atoms with Crippen LogP contribution in [-0.2, 0) is 0 Å². The second-order valence-corrected chi connectivity index (χ2v) is 6.22. The summed E-state index contributed by atoms with van der Waals surface area (Å²) < 4.78 is 5.18. The molecule has 108 valence electrons. The van der Waals surface area contributed by atoms with E-state index in [-0.39, 0.29) is 5.28 Å². The smallest absolute Gasteiger partial charge is 0.225 e. The second-order valence-electron chi connectivity index (χ2n) is 4.65. The lowest BCUT2D eigenvalue weighted by Crippen LogP contribution is -2.11. The highest BCUT2D eigenvalue weighted by Crippen LogP contribution is 2.34. The first kappa shape index (κ1) is 14.1. The Kier molecular flexibility index (Phi) is 3.69. The van der Waals surface area contributed by atoms with E-state index in [1.807, 2.05) is 36.2 Å². The quantitative estimate of drug-likeness (QED) is 0.669. The lowest BCUT2D eigenvalue weighted by atomic mass is 10.2. The molecule has 0 aliphatic heterocycles. The van der Waals surface area contributed by atoms with Gasteiger partial charge in [-0.2, -0.15) is 4.98 Å². The van der Waals surface area contributed by atoms with Crippen LogP contribution >= 0.6 is 22.9 Å². The SMILES string of the molecule is COc1ccc(N(C)c2nc(Cl)nc3sc(C)cc23)cc1. The molecule has 4 nitrogen and oxygen atoms in total. The zero-order valence-electron chi connectivity index (χ0n) is 11.9. The highest BCUT2D eigenvalue weighted by molar-refractivity contribution is 7.18. The van der Waals surface area contributed by atoms with Gasteiger partial charge in [0.15, 0.2) is 0 Å². The highest BCUT2D eigenvalue weighted by Gasteiger charge is 2.14. The van der Waals surface area contributed by atoms with Crippen molar-refractivity contribution in [3.05, 3.63) is 40.5 Å². The van der Waals surface area contributed by atoms with Crippen LogP contribution < -0.4 is 9.64 Å². The minimum absolute atomic E-state index is 0.264. The van der Waals surface area contributed by atoms with Gasteiger partial charge >= 0.3 is 0 Å². The van der Waals surface area contributed by atoms with Crippen LogP contribution in [0.2, 0.25) is 5.28 Å². The van der Waals surface area contributed by atoms with E-state index in [1.165, 1.54) is 4.88 Å². The Morgan fingerprint density at radius 2 is 1.90 bits per heavy atom. The molecule has 0 aliphatic carbocycles. The Balaban J connectivity index is 2.09. The lowest BCUT2D eigenvalue weighted by Gasteiger charge is -2.19. The molecule has 0 N–H and O–H groups in total. The molecule has 0 saturated carbocycles. The van der Waals surface area contributed by atoms with Gasteiger partial charge in [-0.15, -0.1) is 11.3 Å². The standard InChI is InChI=1S/C15H14ClN3OS/c1-9-8-12-13(17-15(16)18-14(12)21-9)19(2)10-4-6-11(20-3)7-5-10/h4-8H,1-3H3. The van der Waals surface area contributed by atoms with Gasteiger partial charge < -0.3 is 9.64 Å². The predicted molar refractivity (Wildman–Crippen MR) is 88.2 cm³/mol. The van der Waals surface area contributed by atoms with Crippen LogP contribution in [-0.4, -0.2) is 24.1 Å². The van der Waals surface area contributed by atoms with E-state index in [4.69, 9.17) is 16.3 Å². The zero-order chi connectivity index (χ0) is 15.0. The minimum atomic E-state index is 0.264. The van der Waals surface area contributed by atoms with Crippen molar-refractivity contribution in [1.82, 2.24) is 9.97 Å². The molecule has 2 aromatic heterocycles. The van der Waals surface area contributed by atoms with E-state index in [0.717, 1.165) is 27.5 Å². The van der Waals surface area contributed by atoms with Crippen LogP contribution in [0.4, 0.5) is 11.5 Å². The van der Waals surface area contributed by atoms with Gasteiger partial charge in [0.05, 0.1) is 12.5 Å². The summed E-state index contributed by atoms with van der Waals surface area (Å²) in [5.41, 5.74) is 1.01. The molecule has 6 heteroatoms. The van der Waals surface area contributed by atoms with Gasteiger partial charge in [0, 0.05) is 17.6 Å². The third-order valence-electron chi connectivity index (χ3n) is 3.25. The molecule has 0 fully saturated rings. The Hall–Kier alpha value is -1.85. The Morgan fingerprint density at radius 1 is 1.19 bits per heavy atom. The zero-order valence-corrected chi connectivity index (χ0v) is 13.5. The number of fused-ring (bicyclic) bond motifs is 1. The molecule has 0 spiro atoms. The molecule has 2 heterocycles. The number of anilines is 2. The fraction of sp³-hybridized carbons (Fsp3) is 0.200. The molecule has 3 aromatic rings. The molecule has 0 aliphatic rings. The van der Waals surface area contributed by atoms with E-state index in [1.54, 1.807) is 18.4 Å². The predicted octanol–water partition coefficient (Wildman–Crippen LogP) is 4.43. The number of hydrogen-bond acceptors (Lipinski definition) is 5. The van der Waals surface area contributed by atoms with E-state index >= 15 is 0 Å². The van der Waals surface area contributed by atoms with E-state index < -0.39 is 0 Å². The largest absolute Gasteiger partial charge is 0.497 e. The van der Waals surface area contributed by atoms with Gasteiger partial charge in [-0.25, -0.2) is 4.98 Å². The average Bonchev–Trinajstić information content (AvgIpc) is 2.85. The van der Waals surface area contributed by atoms with Crippen molar-refractivity contribution in [2.75, 3.05) is 19.1 Å². The third kappa shape index (κ3) is 2.66. The first-order chi connectivity index (χ1) is 10.1. The number of thiophene rings is 1. The molecular formula is C15H14ClN3OS. The molecule has 0 unspecified atom stereocenters. The maximum atomic E-state index is 6.05. The summed E-state index contributed by atoms with van der Waals surface area (Å²) in [6, 6.07) is 9.90. The molecule has 3 rings (SSSR count). The topological polar surface area (TPSA) is 38.2 Å². The number of hydrogen-bond donors (Lipinski definition) is 0. The second kappa shape index (κ2) is 5.50. The summed E-state index contributed by atoms with van der Waals surface area (Å²) in [5, 5.41) is 1.28. The molecule has 1 aromatic carbocycles. The van der Waals surface area contributed by atoms with Gasteiger partial charge in [-0.1, -0.05) is 0 Å². The number of aromatic nitrogens is 2. The fourth-order valence-electron chi connectivity index (χ4n) is 2.19. The molecule has 0 atom stereocenters. The van der Waals surface area contributed by atoms with Crippen molar-refractivity contribution in [2.24, 2.45) is 0 Å². The monoisotopic (exact) mass is 319 g/mol. The van der Waals surface area contributed by atoms with Gasteiger partial charge in [0.25, 0.3) is 0 Å². The van der Waals surface area contributed by atoms with E-state index in [0.29, 0.717) is 0 Å². The molecule has 21 heavy (non-hydrogen) atoms. The average molecular weight is 320 g/mol. The highest BCUT2D eigenvalue weighted by atomic mass is 35.5. The summed E-state index contributed by atoms with van der Waals surface area (Å²) in [4.78, 5) is 12.8. The number of nitrogens with zero attached hydrogens (tertiary/aromatic N) is 3. The number of benzene rings is 1. The summed E-state index contributed by atoms with van der Waals surface area (Å²) in [7, 11) is 3.62. The number of halogens is 1. The summed E-state index contributed by atoms with van der Waals surface area (Å²) in [5.74, 6) is 1.63. The van der Waals surface area contributed by atoms with Crippen molar-refractivity contribution < 1.29 is 4.74 Å². The van der Waals surface area contributed by atoms with Crippen LogP contribution in [0.25, 0.3) is 10.2 Å². The Labute approximate surface area is 132 Å². The minimum Gasteiger partial charge on any atom is -0.497 e. The van der Waals surface area contributed by atoms with Gasteiger partial charge in [0.2, 0.25) is 5.28 Å². The van der Waals surface area contributed by atoms with Crippen LogP contribution in [0, 0.1) is 6.92 Å². The summed E-state index contributed by atoms with van der Waals surface area (Å²) in [6.07, 6.45) is 0. The van der Waals surface area contributed by atoms with Crippen molar-refractivity contribution in [1.29, 1.82) is 0 Å². The molecule has 0 radical (unpaired) electrons. The van der Waals surface area contributed by atoms with Crippen LogP contribution in [0.1, 0.15) is 4.88 Å². The van der Waals surface area contributed by atoms with E-state index in [9.17, 15) is 0 Å². The van der Waals surface area contributed by atoms with Crippen molar-refractivity contribution in [3.8, 4) is 5.75 Å². The van der Waals surface area contributed by atoms with Crippen molar-refractivity contribution >= 4 is 44.7 Å². The first-order valence-corrected chi connectivity index (χ1v) is 7.59. The van der Waals surface area contributed by atoms with Crippen LogP contribution in [0.15, 0.2) is 30.3 Å². The van der Waals surface area contributed by atoms with E-state index in [2.05, 4.69) is 23.0 Å². The number of methoxy groups -OCH3 is 1. The lowest BCUT2D eigenvalue weighted by molar-refractivity contribution is 0.415. The van der Waals surface area contributed by atoms with Gasteiger partial charge in [-0.3, -0.25) is 0 Å². The molecule has 0 amide bonds. The fourth-order valence-corrected chi connectivity index (χ4v) is 3.27. The third-order valence-corrected chi connectivity index (χ3v) is 4.36. The Bertz CT molecular complexity index is 785. The van der Waals surface area contributed by atoms with Gasteiger partial charge in [-0.05, 0) is 48.9 Å². The maximum absolute atomic E-state index is 6.05. The normalized spacial score (nSPS) is 10.9. The summed E-state index contributed by atoms with van der Waals surface area (Å²) >= 11 is 7.67. The molecular weight excluding hydrogens is 306 g/mol. The maximum Gasteiger partial charge on any atom is 0.225 e. The number of ether oxygens (including phenoxy) is 1. The van der Waals surface area contributed by atoms with Crippen molar-refractivity contribution in [2.45, 2.75) is 6.92 Å². The van der Waals surface area contributed by atoms with Crippen LogP contribution in [0.5, 0.6) is 5.75 Å². The van der Waals surface area contributed by atoms with Crippen LogP contribution in [0.3, 0.4) is 0 Å². The number of rotatable bonds is 3. The molecule has 0 bridgehead atoms. The first-order valence-electron chi connectivity index (χ1n) is 6.40. The summed E-state index contributed by atoms with van der Waals surface area (Å²) in [6.45, 7) is 2.05. The Morgan fingerprint density at radius 3 is 2.57 bits per heavy atom. The van der Waals surface area contributed by atoms with Gasteiger partial charge in [0.1, 0.15) is 16.4 Å². The van der Waals surface area contributed by atoms with Crippen molar-refractivity contribution in [3.63, 3.8) is 0 Å². The number of aryl methyl sites for hydroxylation is 1. The molecule has 0 saturated heterocycles.